The minimum absolute atomic E-state index is 0.0553. The number of aromatic nitrogens is 6. The monoisotopic (exact) mass is 473 g/mol. The molecular formula is C26H31N7O2. The molecule has 0 spiro atoms. The molecule has 9 heteroatoms. The second-order valence-electron chi connectivity index (χ2n) is 9.63. The van der Waals surface area contributed by atoms with Crippen molar-refractivity contribution in [2.75, 3.05) is 5.32 Å². The number of anilines is 1. The van der Waals surface area contributed by atoms with Crippen LogP contribution >= 0.6 is 0 Å². The van der Waals surface area contributed by atoms with Crippen LogP contribution in [0.3, 0.4) is 0 Å². The van der Waals surface area contributed by atoms with Gasteiger partial charge in [0.15, 0.2) is 5.65 Å². The molecular weight excluding hydrogens is 442 g/mol. The molecule has 2 N–H and O–H groups in total. The van der Waals surface area contributed by atoms with Crippen LogP contribution in [0.15, 0.2) is 35.3 Å². The van der Waals surface area contributed by atoms with Gasteiger partial charge in [-0.2, -0.15) is 19.9 Å². The molecule has 3 heterocycles. The van der Waals surface area contributed by atoms with Gasteiger partial charge in [0.1, 0.15) is 11.2 Å². The Morgan fingerprint density at radius 3 is 2.66 bits per heavy atom. The van der Waals surface area contributed by atoms with E-state index in [9.17, 15) is 9.59 Å². The van der Waals surface area contributed by atoms with Crippen molar-refractivity contribution in [3.63, 3.8) is 0 Å². The fourth-order valence-corrected chi connectivity index (χ4v) is 4.82. The molecule has 1 amide bonds. The summed E-state index contributed by atoms with van der Waals surface area (Å²) in [6.45, 7) is 5.92. The molecule has 1 saturated carbocycles. The van der Waals surface area contributed by atoms with Crippen LogP contribution in [0, 0.1) is 26.7 Å². The number of hydrogen-bond donors (Lipinski definition) is 2. The van der Waals surface area contributed by atoms with Crippen LogP contribution < -0.4 is 10.9 Å². The summed E-state index contributed by atoms with van der Waals surface area (Å²) in [5.74, 6) is 1.28. The van der Waals surface area contributed by atoms with Crippen LogP contribution in [0.4, 0.5) is 5.82 Å². The number of aryl methyl sites for hydroxylation is 3. The lowest BCUT2D eigenvalue weighted by atomic mass is 9.86. The number of carbonyl (C=O) groups is 1. The molecule has 0 radical (unpaired) electrons. The zero-order valence-corrected chi connectivity index (χ0v) is 20.5. The maximum atomic E-state index is 12.9. The Hall–Kier alpha value is -3.75. The molecule has 0 bridgehead atoms. The number of nitrogens with one attached hydrogen (secondary N) is 2. The Kier molecular flexibility index (Phi) is 6.23. The molecule has 0 saturated heterocycles. The third-order valence-corrected chi connectivity index (χ3v) is 6.96. The molecule has 1 aliphatic carbocycles. The Morgan fingerprint density at radius 1 is 1.09 bits per heavy atom. The van der Waals surface area contributed by atoms with Gasteiger partial charge >= 0.3 is 0 Å². The van der Waals surface area contributed by atoms with Crippen LogP contribution in [-0.2, 0) is 4.79 Å². The highest BCUT2D eigenvalue weighted by Gasteiger charge is 2.19. The highest BCUT2D eigenvalue weighted by atomic mass is 16.1. The largest absolute Gasteiger partial charge is 0.310 e. The second kappa shape index (κ2) is 9.48. The highest BCUT2D eigenvalue weighted by molar-refractivity contribution is 5.90. The first-order chi connectivity index (χ1) is 16.9. The van der Waals surface area contributed by atoms with Crippen molar-refractivity contribution in [2.45, 2.75) is 65.7 Å². The molecule has 1 aliphatic rings. The Bertz CT molecular complexity index is 1440. The zero-order valence-electron chi connectivity index (χ0n) is 20.5. The molecule has 4 aromatic rings. The Morgan fingerprint density at radius 2 is 1.89 bits per heavy atom. The van der Waals surface area contributed by atoms with E-state index in [0.29, 0.717) is 34.9 Å². The first kappa shape index (κ1) is 23.0. The summed E-state index contributed by atoms with van der Waals surface area (Å²) in [6.07, 6.45) is 9.14. The molecule has 1 fully saturated rings. The molecule has 9 nitrogen and oxygen atoms in total. The molecule has 3 aromatic heterocycles. The van der Waals surface area contributed by atoms with Crippen molar-refractivity contribution in [1.29, 1.82) is 0 Å². The summed E-state index contributed by atoms with van der Waals surface area (Å²) in [4.78, 5) is 33.1. The second-order valence-corrected chi connectivity index (χ2v) is 9.63. The van der Waals surface area contributed by atoms with E-state index in [1.807, 2.05) is 39.0 Å². The van der Waals surface area contributed by atoms with Crippen molar-refractivity contribution < 1.29 is 4.79 Å². The summed E-state index contributed by atoms with van der Waals surface area (Å²) >= 11 is 0. The maximum absolute atomic E-state index is 12.9. The standard InChI is InChI=1S/C26H31N7O2/c1-16-9-11-20(13-17(16)2)32-24-21(15-27-32)25(35)30-26(29-24)33-22(14-18(3)31-33)28-23(34)12-10-19-7-5-4-6-8-19/h9,11,13-15,19H,4-8,10,12H2,1-3H3,(H,28,34)(H,29,30,35). The number of nitrogens with zero attached hydrogens (tertiary/aromatic N) is 5. The van der Waals surface area contributed by atoms with Crippen LogP contribution in [0.5, 0.6) is 0 Å². The first-order valence-corrected chi connectivity index (χ1v) is 12.3. The lowest BCUT2D eigenvalue weighted by Gasteiger charge is -2.21. The van der Waals surface area contributed by atoms with E-state index in [-0.39, 0.29) is 17.4 Å². The normalized spacial score (nSPS) is 14.5. The number of rotatable bonds is 6. The minimum atomic E-state index is -0.317. The van der Waals surface area contributed by atoms with Gasteiger partial charge in [-0.1, -0.05) is 38.2 Å². The van der Waals surface area contributed by atoms with E-state index in [2.05, 4.69) is 25.5 Å². The summed E-state index contributed by atoms with van der Waals surface area (Å²) in [5.41, 5.74) is 3.93. The quantitative estimate of drug-likeness (QED) is 0.428. The number of carbonyl (C=O) groups excluding carboxylic acids is 1. The van der Waals surface area contributed by atoms with Crippen LogP contribution in [-0.4, -0.2) is 35.4 Å². The number of aromatic amines is 1. The number of amides is 1. The van der Waals surface area contributed by atoms with Crippen molar-refractivity contribution in [1.82, 2.24) is 29.5 Å². The lowest BCUT2D eigenvalue weighted by Crippen LogP contribution is -2.19. The number of hydrogen-bond acceptors (Lipinski definition) is 5. The van der Waals surface area contributed by atoms with Gasteiger partial charge in [-0.3, -0.25) is 14.6 Å². The highest BCUT2D eigenvalue weighted by Crippen LogP contribution is 2.27. The SMILES string of the molecule is Cc1cc(NC(=O)CCC2CCCCC2)n(-c2nc3c(cnn3-c3ccc(C)c(C)c3)c(=O)[nH]2)n1. The predicted molar refractivity (Wildman–Crippen MR) is 135 cm³/mol. The van der Waals surface area contributed by atoms with Gasteiger partial charge in [0, 0.05) is 12.5 Å². The van der Waals surface area contributed by atoms with Gasteiger partial charge in [-0.05, 0) is 56.4 Å². The zero-order chi connectivity index (χ0) is 24.5. The topological polar surface area (TPSA) is 110 Å². The first-order valence-electron chi connectivity index (χ1n) is 12.3. The molecule has 0 unspecified atom stereocenters. The minimum Gasteiger partial charge on any atom is -0.310 e. The lowest BCUT2D eigenvalue weighted by molar-refractivity contribution is -0.116. The van der Waals surface area contributed by atoms with Crippen LogP contribution in [0.1, 0.15) is 61.8 Å². The smallest absolute Gasteiger partial charge is 0.263 e. The Balaban J connectivity index is 1.45. The fraction of sp³-hybridized carbons (Fsp3) is 0.423. The number of H-pyrrole nitrogens is 1. The van der Waals surface area contributed by atoms with Gasteiger partial charge < -0.3 is 5.32 Å². The van der Waals surface area contributed by atoms with Crippen molar-refractivity contribution in [3.05, 3.63) is 57.6 Å². The van der Waals surface area contributed by atoms with Gasteiger partial charge in [-0.15, -0.1) is 0 Å². The average molecular weight is 474 g/mol. The summed E-state index contributed by atoms with van der Waals surface area (Å²) in [6, 6.07) is 7.76. The number of fused-ring (bicyclic) bond motifs is 1. The molecule has 1 aromatic carbocycles. The van der Waals surface area contributed by atoms with Gasteiger partial charge in [-0.25, -0.2) is 4.68 Å². The van der Waals surface area contributed by atoms with Gasteiger partial charge in [0.05, 0.1) is 17.6 Å². The van der Waals surface area contributed by atoms with Crippen LogP contribution in [0.25, 0.3) is 22.7 Å². The number of benzene rings is 1. The van der Waals surface area contributed by atoms with Crippen LogP contribution in [0.2, 0.25) is 0 Å². The molecule has 35 heavy (non-hydrogen) atoms. The fourth-order valence-electron chi connectivity index (χ4n) is 4.82. The van der Waals surface area contributed by atoms with E-state index in [0.717, 1.165) is 17.7 Å². The maximum Gasteiger partial charge on any atom is 0.263 e. The molecule has 5 rings (SSSR count). The molecule has 0 atom stereocenters. The summed E-state index contributed by atoms with van der Waals surface area (Å²) in [7, 11) is 0. The molecule has 182 valence electrons. The predicted octanol–water partition coefficient (Wildman–Crippen LogP) is 4.52. The van der Waals surface area contributed by atoms with E-state index in [4.69, 9.17) is 0 Å². The summed E-state index contributed by atoms with van der Waals surface area (Å²) in [5, 5.41) is 12.2. The summed E-state index contributed by atoms with van der Waals surface area (Å²) < 4.78 is 3.13. The van der Waals surface area contributed by atoms with E-state index in [1.54, 1.807) is 10.7 Å². The third-order valence-electron chi connectivity index (χ3n) is 6.96. The third kappa shape index (κ3) is 4.76. The van der Waals surface area contributed by atoms with E-state index >= 15 is 0 Å². The van der Waals surface area contributed by atoms with Crippen molar-refractivity contribution in [2.24, 2.45) is 5.92 Å². The van der Waals surface area contributed by atoms with Gasteiger partial charge in [0.2, 0.25) is 11.9 Å². The van der Waals surface area contributed by atoms with E-state index in [1.165, 1.54) is 48.5 Å². The Labute approximate surface area is 203 Å². The van der Waals surface area contributed by atoms with Crippen molar-refractivity contribution in [3.8, 4) is 11.6 Å². The van der Waals surface area contributed by atoms with Crippen molar-refractivity contribution >= 4 is 22.8 Å². The van der Waals surface area contributed by atoms with Gasteiger partial charge in [0.25, 0.3) is 5.56 Å². The van der Waals surface area contributed by atoms with E-state index < -0.39 is 0 Å². The molecule has 0 aliphatic heterocycles. The average Bonchev–Trinajstić information content (AvgIpc) is 3.44.